The maximum absolute atomic E-state index is 9.90. The fourth-order valence-electron chi connectivity index (χ4n) is 3.48. The number of rotatable bonds is 6. The number of benzene rings is 3. The Morgan fingerprint density at radius 3 is 1.57 bits per heavy atom. The molecule has 1 unspecified atom stereocenters. The topological polar surface area (TPSA) is 45.1 Å². The van der Waals surface area contributed by atoms with Gasteiger partial charge in [0.25, 0.3) is 0 Å². The van der Waals surface area contributed by atoms with Crippen LogP contribution >= 0.6 is 11.3 Å². The van der Waals surface area contributed by atoms with E-state index in [0.717, 1.165) is 21.8 Å². The van der Waals surface area contributed by atoms with Crippen molar-refractivity contribution in [2.24, 2.45) is 0 Å². The molecule has 0 bridgehead atoms. The van der Waals surface area contributed by atoms with Crippen LogP contribution in [0.5, 0.6) is 0 Å². The van der Waals surface area contributed by atoms with Crippen molar-refractivity contribution in [2.45, 2.75) is 18.6 Å². The molecule has 0 spiro atoms. The molecule has 0 aliphatic heterocycles. The molecule has 3 aromatic carbocycles. The third-order valence-electron chi connectivity index (χ3n) is 4.86. The molecule has 0 amide bonds. The maximum atomic E-state index is 9.90. The summed E-state index contributed by atoms with van der Waals surface area (Å²) in [5.74, 6) is 0. The Morgan fingerprint density at radius 1 is 0.786 bits per heavy atom. The molecule has 1 atom stereocenters. The molecular formula is C24H22N2OS. The number of aliphatic hydroxyl groups is 1. The zero-order chi connectivity index (χ0) is 19.4. The Hall–Kier alpha value is -2.95. The highest BCUT2D eigenvalue weighted by molar-refractivity contribution is 7.13. The van der Waals surface area contributed by atoms with Crippen molar-refractivity contribution >= 4 is 16.5 Å². The Morgan fingerprint density at radius 2 is 1.21 bits per heavy atom. The highest BCUT2D eigenvalue weighted by atomic mass is 32.1. The van der Waals surface area contributed by atoms with Gasteiger partial charge in [0.15, 0.2) is 5.13 Å². The van der Waals surface area contributed by atoms with E-state index in [1.807, 2.05) is 23.6 Å². The van der Waals surface area contributed by atoms with Gasteiger partial charge >= 0.3 is 0 Å². The first-order chi connectivity index (χ1) is 13.7. The van der Waals surface area contributed by atoms with E-state index in [1.54, 1.807) is 6.92 Å². The zero-order valence-corrected chi connectivity index (χ0v) is 16.4. The lowest BCUT2D eigenvalue weighted by atomic mass is 9.77. The summed E-state index contributed by atoms with van der Waals surface area (Å²) in [5, 5.41) is 16.3. The molecule has 2 N–H and O–H groups in total. The zero-order valence-electron chi connectivity index (χ0n) is 15.6. The van der Waals surface area contributed by atoms with E-state index >= 15 is 0 Å². The quantitative estimate of drug-likeness (QED) is 0.424. The van der Waals surface area contributed by atoms with Gasteiger partial charge in [-0.15, -0.1) is 11.3 Å². The average molecular weight is 387 g/mol. The van der Waals surface area contributed by atoms with Gasteiger partial charge in [0.1, 0.15) is 5.54 Å². The molecule has 4 rings (SSSR count). The van der Waals surface area contributed by atoms with Gasteiger partial charge < -0.3 is 10.4 Å². The van der Waals surface area contributed by atoms with Gasteiger partial charge in [0.2, 0.25) is 0 Å². The third kappa shape index (κ3) is 3.44. The number of thiazole rings is 1. The number of hydrogen-bond donors (Lipinski definition) is 2. The van der Waals surface area contributed by atoms with E-state index in [2.05, 4.69) is 83.1 Å². The molecule has 3 nitrogen and oxygen atoms in total. The minimum absolute atomic E-state index is 0.591. The fraction of sp³-hybridized carbons (Fsp3) is 0.125. The molecule has 140 valence electrons. The average Bonchev–Trinajstić information content (AvgIpc) is 3.23. The largest absolute Gasteiger partial charge is 0.387 e. The van der Waals surface area contributed by atoms with Crippen molar-refractivity contribution in [1.82, 2.24) is 4.98 Å². The molecular weight excluding hydrogens is 364 g/mol. The Kier molecular flexibility index (Phi) is 5.24. The summed E-state index contributed by atoms with van der Waals surface area (Å²) in [6.45, 7) is 1.73. The van der Waals surface area contributed by atoms with E-state index in [1.165, 1.54) is 11.3 Å². The number of aliphatic hydroxyl groups excluding tert-OH is 1. The van der Waals surface area contributed by atoms with Crippen LogP contribution in [0.2, 0.25) is 0 Å². The first-order valence-electron chi connectivity index (χ1n) is 9.28. The van der Waals surface area contributed by atoms with E-state index in [4.69, 9.17) is 0 Å². The lowest BCUT2D eigenvalue weighted by Gasteiger charge is -2.36. The molecule has 0 radical (unpaired) electrons. The minimum Gasteiger partial charge on any atom is -0.387 e. The van der Waals surface area contributed by atoms with E-state index in [9.17, 15) is 5.11 Å². The molecule has 4 aromatic rings. The molecule has 0 saturated heterocycles. The van der Waals surface area contributed by atoms with E-state index in [-0.39, 0.29) is 0 Å². The van der Waals surface area contributed by atoms with Crippen LogP contribution < -0.4 is 5.32 Å². The number of nitrogens with zero attached hydrogens (tertiary/aromatic N) is 1. The second-order valence-electron chi connectivity index (χ2n) is 6.73. The predicted molar refractivity (Wildman–Crippen MR) is 116 cm³/mol. The Labute approximate surface area is 169 Å². The molecule has 0 aliphatic carbocycles. The summed E-state index contributed by atoms with van der Waals surface area (Å²) in [6, 6.07) is 31.2. The number of aromatic nitrogens is 1. The summed E-state index contributed by atoms with van der Waals surface area (Å²) in [4.78, 5) is 4.63. The highest BCUT2D eigenvalue weighted by Crippen LogP contribution is 2.40. The van der Waals surface area contributed by atoms with Gasteiger partial charge in [-0.25, -0.2) is 4.98 Å². The second kappa shape index (κ2) is 7.97. The lowest BCUT2D eigenvalue weighted by molar-refractivity contribution is 0.195. The Bertz CT molecular complexity index is 918. The Balaban J connectivity index is 1.95. The van der Waals surface area contributed by atoms with Crippen molar-refractivity contribution in [2.75, 3.05) is 5.32 Å². The predicted octanol–water partition coefficient (Wildman–Crippen LogP) is 5.60. The maximum Gasteiger partial charge on any atom is 0.184 e. The first kappa shape index (κ1) is 18.4. The van der Waals surface area contributed by atoms with Gasteiger partial charge in [0.05, 0.1) is 11.8 Å². The molecule has 1 heterocycles. The van der Waals surface area contributed by atoms with Crippen molar-refractivity contribution in [3.05, 3.63) is 119 Å². The molecule has 1 aromatic heterocycles. The van der Waals surface area contributed by atoms with Crippen molar-refractivity contribution in [3.8, 4) is 0 Å². The van der Waals surface area contributed by atoms with Crippen molar-refractivity contribution in [1.29, 1.82) is 0 Å². The van der Waals surface area contributed by atoms with Crippen molar-refractivity contribution in [3.63, 3.8) is 0 Å². The number of hydrogen-bond acceptors (Lipinski definition) is 4. The van der Waals surface area contributed by atoms with Crippen LogP contribution in [-0.4, -0.2) is 10.1 Å². The number of nitrogens with one attached hydrogen (secondary N) is 1. The van der Waals surface area contributed by atoms with E-state index < -0.39 is 11.6 Å². The summed E-state index contributed by atoms with van der Waals surface area (Å²) in [6.07, 6.45) is -0.591. The van der Waals surface area contributed by atoms with Crippen molar-refractivity contribution < 1.29 is 5.11 Å². The highest BCUT2D eigenvalue weighted by Gasteiger charge is 2.37. The van der Waals surface area contributed by atoms with Crippen LogP contribution in [0.25, 0.3) is 0 Å². The molecule has 0 aliphatic rings. The fourth-order valence-corrected chi connectivity index (χ4v) is 4.33. The van der Waals surface area contributed by atoms with Gasteiger partial charge in [-0.1, -0.05) is 91.0 Å². The van der Waals surface area contributed by atoms with Crippen LogP contribution in [0, 0.1) is 0 Å². The molecule has 28 heavy (non-hydrogen) atoms. The second-order valence-corrected chi connectivity index (χ2v) is 7.58. The summed E-state index contributed by atoms with van der Waals surface area (Å²) in [7, 11) is 0. The van der Waals surface area contributed by atoms with Crippen LogP contribution in [0.4, 0.5) is 5.13 Å². The van der Waals surface area contributed by atoms with Crippen LogP contribution in [0.1, 0.15) is 35.4 Å². The monoisotopic (exact) mass is 386 g/mol. The number of anilines is 1. The minimum atomic E-state index is -0.600. The van der Waals surface area contributed by atoms with Crippen LogP contribution in [-0.2, 0) is 5.54 Å². The smallest absolute Gasteiger partial charge is 0.184 e. The van der Waals surface area contributed by atoms with Gasteiger partial charge in [0, 0.05) is 5.38 Å². The SMILES string of the molecule is CC(O)c1csc(NC(c2ccccc2)(c2ccccc2)c2ccccc2)n1. The van der Waals surface area contributed by atoms with Gasteiger partial charge in [-0.3, -0.25) is 0 Å². The normalized spacial score (nSPS) is 12.5. The summed E-state index contributed by atoms with van der Waals surface area (Å²) >= 11 is 1.51. The van der Waals surface area contributed by atoms with Crippen LogP contribution in [0.15, 0.2) is 96.4 Å². The van der Waals surface area contributed by atoms with Gasteiger partial charge in [-0.2, -0.15) is 0 Å². The summed E-state index contributed by atoms with van der Waals surface area (Å²) in [5.41, 5.74) is 3.46. The third-order valence-corrected chi connectivity index (χ3v) is 5.64. The standard InChI is InChI=1S/C24H22N2OS/c1-18(27)22-17-28-23(25-22)26-24(19-11-5-2-6-12-19,20-13-7-3-8-14-20)21-15-9-4-10-16-21/h2-18,27H,1H3,(H,25,26). The summed E-state index contributed by atoms with van der Waals surface area (Å²) < 4.78 is 0. The first-order valence-corrected chi connectivity index (χ1v) is 10.2. The molecule has 0 fully saturated rings. The van der Waals surface area contributed by atoms with Crippen LogP contribution in [0.3, 0.4) is 0 Å². The molecule has 0 saturated carbocycles. The lowest BCUT2D eigenvalue weighted by Crippen LogP contribution is -2.38. The molecule has 4 heteroatoms. The van der Waals surface area contributed by atoms with E-state index in [0.29, 0.717) is 5.69 Å². The van der Waals surface area contributed by atoms with Gasteiger partial charge in [-0.05, 0) is 23.6 Å².